The Balaban J connectivity index is 1.61. The van der Waals surface area contributed by atoms with Crippen molar-refractivity contribution in [1.29, 1.82) is 0 Å². The van der Waals surface area contributed by atoms with Gasteiger partial charge >= 0.3 is 0 Å². The highest BCUT2D eigenvalue weighted by Crippen LogP contribution is 2.11. The average Bonchev–Trinajstić information content (AvgIpc) is 2.48. The fourth-order valence-electron chi connectivity index (χ4n) is 1.66. The van der Waals surface area contributed by atoms with Crippen molar-refractivity contribution >= 4 is 23.4 Å². The van der Waals surface area contributed by atoms with Gasteiger partial charge in [0.1, 0.15) is 11.6 Å². The minimum Gasteiger partial charge on any atom is -0.493 e. The molecule has 110 valence electrons. The van der Waals surface area contributed by atoms with Crippen molar-refractivity contribution in [2.45, 2.75) is 0 Å². The second kappa shape index (κ2) is 8.32. The Morgan fingerprint density at radius 1 is 1.14 bits per heavy atom. The van der Waals surface area contributed by atoms with Gasteiger partial charge in [-0.1, -0.05) is 24.3 Å². The first-order valence-corrected chi connectivity index (χ1v) is 7.70. The van der Waals surface area contributed by atoms with Gasteiger partial charge in [0.05, 0.1) is 12.4 Å². The monoisotopic (exact) mass is 305 g/mol. The van der Waals surface area contributed by atoms with E-state index >= 15 is 0 Å². The van der Waals surface area contributed by atoms with Crippen LogP contribution >= 0.6 is 11.8 Å². The first-order chi connectivity index (χ1) is 10.2. The maximum absolute atomic E-state index is 13.0. The smallest absolute Gasteiger partial charge is 0.234 e. The Morgan fingerprint density at radius 2 is 1.95 bits per heavy atom. The molecule has 1 amide bonds. The lowest BCUT2D eigenvalue weighted by Gasteiger charge is -2.06. The molecule has 0 heterocycles. The van der Waals surface area contributed by atoms with E-state index < -0.39 is 0 Å². The van der Waals surface area contributed by atoms with Crippen LogP contribution < -0.4 is 10.1 Å². The van der Waals surface area contributed by atoms with E-state index in [9.17, 15) is 9.18 Å². The number of hydrogen-bond acceptors (Lipinski definition) is 3. The molecule has 2 rings (SSSR count). The summed E-state index contributed by atoms with van der Waals surface area (Å²) in [5.74, 6) is 1.34. The molecule has 2 aromatic carbocycles. The Bertz CT molecular complexity index is 577. The number of amides is 1. The van der Waals surface area contributed by atoms with Gasteiger partial charge in [0.15, 0.2) is 0 Å². The van der Waals surface area contributed by atoms with E-state index in [0.717, 1.165) is 5.75 Å². The molecule has 0 radical (unpaired) electrons. The van der Waals surface area contributed by atoms with Crippen LogP contribution in [-0.2, 0) is 4.79 Å². The number of rotatable bonds is 7. The fraction of sp³-hybridized carbons (Fsp3) is 0.188. The number of para-hydroxylation sites is 1. The van der Waals surface area contributed by atoms with Crippen molar-refractivity contribution in [1.82, 2.24) is 0 Å². The number of carbonyl (C=O) groups is 1. The normalized spacial score (nSPS) is 10.1. The highest BCUT2D eigenvalue weighted by Gasteiger charge is 2.03. The third kappa shape index (κ3) is 5.87. The molecule has 21 heavy (non-hydrogen) atoms. The second-order valence-corrected chi connectivity index (χ2v) is 5.38. The summed E-state index contributed by atoms with van der Waals surface area (Å²) < 4.78 is 18.5. The molecule has 0 unspecified atom stereocenters. The summed E-state index contributed by atoms with van der Waals surface area (Å²) in [6.07, 6.45) is 0. The van der Waals surface area contributed by atoms with E-state index in [2.05, 4.69) is 5.32 Å². The van der Waals surface area contributed by atoms with Gasteiger partial charge in [-0.2, -0.15) is 0 Å². The number of halogens is 1. The predicted octanol–water partition coefficient (Wildman–Crippen LogP) is 3.58. The Kier molecular flexibility index (Phi) is 6.09. The zero-order chi connectivity index (χ0) is 14.9. The topological polar surface area (TPSA) is 38.3 Å². The van der Waals surface area contributed by atoms with Crippen molar-refractivity contribution < 1.29 is 13.9 Å². The maximum atomic E-state index is 13.0. The number of hydrogen-bond donors (Lipinski definition) is 1. The molecule has 0 aliphatic heterocycles. The lowest BCUT2D eigenvalue weighted by molar-refractivity contribution is -0.113. The van der Waals surface area contributed by atoms with Gasteiger partial charge < -0.3 is 10.1 Å². The second-order valence-electron chi connectivity index (χ2n) is 4.27. The Labute approximate surface area is 127 Å². The van der Waals surface area contributed by atoms with Gasteiger partial charge in [0.2, 0.25) is 5.91 Å². The van der Waals surface area contributed by atoms with Gasteiger partial charge in [-0.3, -0.25) is 4.79 Å². The molecule has 3 nitrogen and oxygen atoms in total. The number of ether oxygens (including phenoxy) is 1. The lowest BCUT2D eigenvalue weighted by atomic mass is 10.3. The van der Waals surface area contributed by atoms with Gasteiger partial charge in [-0.25, -0.2) is 4.39 Å². The maximum Gasteiger partial charge on any atom is 0.234 e. The third-order valence-corrected chi connectivity index (χ3v) is 3.50. The number of carbonyl (C=O) groups excluding carboxylic acids is 1. The van der Waals surface area contributed by atoms with Gasteiger partial charge in [0, 0.05) is 11.4 Å². The summed E-state index contributed by atoms with van der Waals surface area (Å²) in [6.45, 7) is 0.544. The molecule has 0 bridgehead atoms. The summed E-state index contributed by atoms with van der Waals surface area (Å²) in [4.78, 5) is 11.7. The molecule has 0 spiro atoms. The molecule has 2 aromatic rings. The quantitative estimate of drug-likeness (QED) is 0.795. The first-order valence-electron chi connectivity index (χ1n) is 6.55. The SMILES string of the molecule is O=C(CSCCOc1ccccc1)Nc1cccc(F)c1. The van der Waals surface area contributed by atoms with Crippen LogP contribution in [0.3, 0.4) is 0 Å². The zero-order valence-electron chi connectivity index (χ0n) is 11.4. The molecular weight excluding hydrogens is 289 g/mol. The summed E-state index contributed by atoms with van der Waals surface area (Å²) in [7, 11) is 0. The Hall–Kier alpha value is -2.01. The molecule has 0 fully saturated rings. The molecule has 0 aliphatic carbocycles. The van der Waals surface area contributed by atoms with Crippen LogP contribution in [0.4, 0.5) is 10.1 Å². The number of thioether (sulfide) groups is 1. The molecule has 0 saturated heterocycles. The van der Waals surface area contributed by atoms with Crippen LogP contribution in [0.15, 0.2) is 54.6 Å². The molecule has 0 aromatic heterocycles. The van der Waals surface area contributed by atoms with E-state index in [0.29, 0.717) is 23.8 Å². The average molecular weight is 305 g/mol. The van der Waals surface area contributed by atoms with Gasteiger partial charge in [0.25, 0.3) is 0 Å². The van der Waals surface area contributed by atoms with Crippen molar-refractivity contribution in [2.24, 2.45) is 0 Å². The lowest BCUT2D eigenvalue weighted by Crippen LogP contribution is -2.15. The molecular formula is C16H16FNO2S. The third-order valence-electron chi connectivity index (χ3n) is 2.58. The largest absolute Gasteiger partial charge is 0.493 e. The van der Waals surface area contributed by atoms with Crippen molar-refractivity contribution in [3.63, 3.8) is 0 Å². The highest BCUT2D eigenvalue weighted by molar-refractivity contribution is 7.99. The van der Waals surface area contributed by atoms with Crippen molar-refractivity contribution in [2.75, 3.05) is 23.4 Å². The van der Waals surface area contributed by atoms with Crippen LogP contribution in [0.5, 0.6) is 5.75 Å². The van der Waals surface area contributed by atoms with E-state index in [1.165, 1.54) is 23.9 Å². The fourth-order valence-corrected chi connectivity index (χ4v) is 2.27. The van der Waals surface area contributed by atoms with Crippen LogP contribution in [-0.4, -0.2) is 24.0 Å². The molecule has 0 saturated carbocycles. The van der Waals surface area contributed by atoms with Crippen molar-refractivity contribution in [3.05, 3.63) is 60.4 Å². The minimum atomic E-state index is -0.364. The minimum absolute atomic E-state index is 0.148. The van der Waals surface area contributed by atoms with Crippen LogP contribution in [0, 0.1) is 5.82 Å². The molecule has 0 aliphatic rings. The molecule has 5 heteroatoms. The standard InChI is InChI=1S/C16H16FNO2S/c17-13-5-4-6-14(11-13)18-16(19)12-21-10-9-20-15-7-2-1-3-8-15/h1-8,11H,9-10,12H2,(H,18,19). The van der Waals surface area contributed by atoms with Crippen molar-refractivity contribution in [3.8, 4) is 5.75 Å². The summed E-state index contributed by atoms with van der Waals surface area (Å²) >= 11 is 1.47. The summed E-state index contributed by atoms with van der Waals surface area (Å²) in [6, 6.07) is 15.4. The Morgan fingerprint density at radius 3 is 2.71 bits per heavy atom. The number of benzene rings is 2. The van der Waals surface area contributed by atoms with Gasteiger partial charge in [-0.15, -0.1) is 11.8 Å². The predicted molar refractivity (Wildman–Crippen MR) is 84.3 cm³/mol. The van der Waals surface area contributed by atoms with Crippen LogP contribution in [0.2, 0.25) is 0 Å². The number of anilines is 1. The zero-order valence-corrected chi connectivity index (χ0v) is 12.2. The molecule has 1 N–H and O–H groups in total. The van der Waals surface area contributed by atoms with E-state index in [4.69, 9.17) is 4.74 Å². The number of nitrogens with one attached hydrogen (secondary N) is 1. The summed E-state index contributed by atoms with van der Waals surface area (Å²) in [5, 5.41) is 2.65. The highest BCUT2D eigenvalue weighted by atomic mass is 32.2. The van der Waals surface area contributed by atoms with E-state index in [1.54, 1.807) is 12.1 Å². The van der Waals surface area contributed by atoms with E-state index in [-0.39, 0.29) is 11.7 Å². The van der Waals surface area contributed by atoms with Crippen LogP contribution in [0.1, 0.15) is 0 Å². The first kappa shape index (κ1) is 15.4. The van der Waals surface area contributed by atoms with Gasteiger partial charge in [-0.05, 0) is 30.3 Å². The van der Waals surface area contributed by atoms with E-state index in [1.807, 2.05) is 30.3 Å². The summed E-state index contributed by atoms with van der Waals surface area (Å²) in [5.41, 5.74) is 0.473. The van der Waals surface area contributed by atoms with Crippen LogP contribution in [0.25, 0.3) is 0 Å². The molecule has 0 atom stereocenters.